The number of hydrogen-bond donors (Lipinski definition) is 2. The van der Waals surface area contributed by atoms with Gasteiger partial charge < -0.3 is 25.0 Å². The van der Waals surface area contributed by atoms with Gasteiger partial charge in [-0.2, -0.15) is 0 Å². The van der Waals surface area contributed by atoms with E-state index in [1.165, 1.54) is 0 Å². The molecule has 0 heterocycles. The largest absolute Gasteiger partial charge is 0.493 e. The third-order valence-electron chi connectivity index (χ3n) is 3.97. The van der Waals surface area contributed by atoms with Crippen molar-refractivity contribution < 1.29 is 19.1 Å². The van der Waals surface area contributed by atoms with Crippen LogP contribution in [0.2, 0.25) is 0 Å². The number of nitrogens with one attached hydrogen (secondary N) is 2. The maximum Gasteiger partial charge on any atom is 0.319 e. The van der Waals surface area contributed by atoms with Crippen molar-refractivity contribution in [3.8, 4) is 11.5 Å². The van der Waals surface area contributed by atoms with E-state index in [0.717, 1.165) is 11.1 Å². The van der Waals surface area contributed by atoms with Gasteiger partial charge in [0.05, 0.1) is 20.6 Å². The Morgan fingerprint density at radius 3 is 2.15 bits per heavy atom. The second kappa shape index (κ2) is 9.47. The minimum Gasteiger partial charge on any atom is -0.493 e. The zero-order valence-corrected chi connectivity index (χ0v) is 16.0. The summed E-state index contributed by atoms with van der Waals surface area (Å²) < 4.78 is 10.4. The van der Waals surface area contributed by atoms with Crippen LogP contribution >= 0.6 is 0 Å². The summed E-state index contributed by atoms with van der Waals surface area (Å²) in [5.74, 6) is 1.28. The Balaban J connectivity index is 1.88. The van der Waals surface area contributed by atoms with E-state index in [9.17, 15) is 9.59 Å². The molecule has 0 atom stereocenters. The molecule has 144 valence electrons. The molecular weight excluding hydrogens is 346 g/mol. The Bertz CT molecular complexity index is 788. The summed E-state index contributed by atoms with van der Waals surface area (Å²) in [5.41, 5.74) is 2.44. The molecule has 2 rings (SSSR count). The van der Waals surface area contributed by atoms with Crippen LogP contribution in [0.1, 0.15) is 11.1 Å². The average molecular weight is 371 g/mol. The van der Waals surface area contributed by atoms with Gasteiger partial charge in [-0.15, -0.1) is 0 Å². The van der Waals surface area contributed by atoms with Crippen LogP contribution < -0.4 is 20.1 Å². The Morgan fingerprint density at radius 2 is 1.56 bits per heavy atom. The van der Waals surface area contributed by atoms with Crippen molar-refractivity contribution in [1.82, 2.24) is 10.2 Å². The summed E-state index contributed by atoms with van der Waals surface area (Å²) in [6.45, 7) is 0.349. The lowest BCUT2D eigenvalue weighted by Gasteiger charge is -2.12. The van der Waals surface area contributed by atoms with Crippen molar-refractivity contribution in [3.63, 3.8) is 0 Å². The van der Waals surface area contributed by atoms with E-state index < -0.39 is 0 Å². The fourth-order valence-electron chi connectivity index (χ4n) is 2.39. The van der Waals surface area contributed by atoms with E-state index in [1.54, 1.807) is 51.4 Å². The number of rotatable bonds is 7. The van der Waals surface area contributed by atoms with Gasteiger partial charge in [0.2, 0.25) is 5.91 Å². The van der Waals surface area contributed by atoms with E-state index in [0.29, 0.717) is 30.2 Å². The third kappa shape index (κ3) is 5.91. The molecule has 0 aliphatic carbocycles. The van der Waals surface area contributed by atoms with Crippen molar-refractivity contribution in [2.45, 2.75) is 13.0 Å². The monoisotopic (exact) mass is 371 g/mol. The number of amides is 3. The number of urea groups is 1. The summed E-state index contributed by atoms with van der Waals surface area (Å²) in [6, 6.07) is 12.3. The van der Waals surface area contributed by atoms with E-state index in [2.05, 4.69) is 10.6 Å². The van der Waals surface area contributed by atoms with E-state index in [1.807, 2.05) is 24.3 Å². The van der Waals surface area contributed by atoms with Gasteiger partial charge >= 0.3 is 6.03 Å². The first-order valence-electron chi connectivity index (χ1n) is 8.47. The zero-order chi connectivity index (χ0) is 19.8. The molecule has 0 saturated carbocycles. The summed E-state index contributed by atoms with van der Waals surface area (Å²) in [5, 5.41) is 5.56. The highest BCUT2D eigenvalue weighted by Gasteiger charge is 2.08. The second-order valence-corrected chi connectivity index (χ2v) is 6.16. The molecule has 7 heteroatoms. The molecule has 0 aromatic heterocycles. The van der Waals surface area contributed by atoms with Crippen molar-refractivity contribution >= 4 is 17.6 Å². The lowest BCUT2D eigenvalue weighted by Crippen LogP contribution is -2.28. The molecule has 2 aromatic rings. The Labute approximate surface area is 159 Å². The molecule has 0 saturated heterocycles. The van der Waals surface area contributed by atoms with Crippen molar-refractivity contribution in [3.05, 3.63) is 53.6 Å². The lowest BCUT2D eigenvalue weighted by atomic mass is 10.1. The molecule has 0 fully saturated rings. The topological polar surface area (TPSA) is 79.9 Å². The number of hydrogen-bond acceptors (Lipinski definition) is 4. The smallest absolute Gasteiger partial charge is 0.319 e. The fourth-order valence-corrected chi connectivity index (χ4v) is 2.39. The van der Waals surface area contributed by atoms with Crippen molar-refractivity contribution in [2.24, 2.45) is 0 Å². The molecule has 0 spiro atoms. The molecular formula is C20H25N3O4. The van der Waals surface area contributed by atoms with E-state index in [4.69, 9.17) is 9.47 Å². The first-order chi connectivity index (χ1) is 12.9. The molecule has 0 bridgehead atoms. The van der Waals surface area contributed by atoms with Gasteiger partial charge in [-0.05, 0) is 35.4 Å². The van der Waals surface area contributed by atoms with Gasteiger partial charge in [0, 0.05) is 26.3 Å². The van der Waals surface area contributed by atoms with Gasteiger partial charge in [0.1, 0.15) is 0 Å². The van der Waals surface area contributed by atoms with Crippen LogP contribution in [0, 0.1) is 0 Å². The fraction of sp³-hybridized carbons (Fsp3) is 0.300. The highest BCUT2D eigenvalue weighted by Crippen LogP contribution is 2.27. The summed E-state index contributed by atoms with van der Waals surface area (Å²) >= 11 is 0. The van der Waals surface area contributed by atoms with Crippen LogP contribution in [0.15, 0.2) is 42.5 Å². The number of carbonyl (C=O) groups is 2. The third-order valence-corrected chi connectivity index (χ3v) is 3.97. The Hall–Kier alpha value is -3.22. The minimum absolute atomic E-state index is 0.0309. The van der Waals surface area contributed by atoms with Gasteiger partial charge in [0.25, 0.3) is 0 Å². The SMILES string of the molecule is COc1ccc(CNC(=O)Nc2ccc(CC(=O)N(C)C)cc2)cc1OC. The van der Waals surface area contributed by atoms with Crippen LogP contribution in [0.25, 0.3) is 0 Å². The standard InChI is InChI=1S/C20H25N3O4/c1-23(2)19(24)12-14-5-8-16(9-6-14)22-20(25)21-13-15-7-10-17(26-3)18(11-15)27-4/h5-11H,12-13H2,1-4H3,(H2,21,22,25). The van der Waals surface area contributed by atoms with Gasteiger partial charge in [0.15, 0.2) is 11.5 Å². The Morgan fingerprint density at radius 1 is 0.926 bits per heavy atom. The van der Waals surface area contributed by atoms with Crippen LogP contribution in [-0.2, 0) is 17.8 Å². The number of carbonyl (C=O) groups excluding carboxylic acids is 2. The van der Waals surface area contributed by atoms with Gasteiger partial charge in [-0.1, -0.05) is 18.2 Å². The molecule has 3 amide bonds. The van der Waals surface area contributed by atoms with Crippen molar-refractivity contribution in [2.75, 3.05) is 33.6 Å². The maximum absolute atomic E-state index is 12.1. The first kappa shape index (κ1) is 20.1. The molecule has 2 aromatic carbocycles. The molecule has 0 unspecified atom stereocenters. The highest BCUT2D eigenvalue weighted by molar-refractivity contribution is 5.89. The number of methoxy groups -OCH3 is 2. The predicted molar refractivity (Wildman–Crippen MR) is 104 cm³/mol. The van der Waals surface area contributed by atoms with Crippen LogP contribution in [-0.4, -0.2) is 45.2 Å². The number of anilines is 1. The molecule has 7 nitrogen and oxygen atoms in total. The molecule has 2 N–H and O–H groups in total. The van der Waals surface area contributed by atoms with Crippen LogP contribution in [0.3, 0.4) is 0 Å². The van der Waals surface area contributed by atoms with E-state index in [-0.39, 0.29) is 11.9 Å². The van der Waals surface area contributed by atoms with Crippen LogP contribution in [0.5, 0.6) is 11.5 Å². The maximum atomic E-state index is 12.1. The number of benzene rings is 2. The van der Waals surface area contributed by atoms with E-state index >= 15 is 0 Å². The number of ether oxygens (including phenoxy) is 2. The van der Waals surface area contributed by atoms with Crippen molar-refractivity contribution in [1.29, 1.82) is 0 Å². The number of likely N-dealkylation sites (N-methyl/N-ethyl adjacent to an activating group) is 1. The minimum atomic E-state index is -0.318. The number of nitrogens with zero attached hydrogens (tertiary/aromatic N) is 1. The lowest BCUT2D eigenvalue weighted by molar-refractivity contribution is -0.127. The Kier molecular flexibility index (Phi) is 7.05. The molecule has 0 aliphatic heterocycles. The normalized spacial score (nSPS) is 10.1. The summed E-state index contributed by atoms with van der Waals surface area (Å²) in [6.07, 6.45) is 0.332. The quantitative estimate of drug-likeness (QED) is 0.784. The average Bonchev–Trinajstić information content (AvgIpc) is 2.67. The van der Waals surface area contributed by atoms with Gasteiger partial charge in [-0.25, -0.2) is 4.79 Å². The zero-order valence-electron chi connectivity index (χ0n) is 16.0. The summed E-state index contributed by atoms with van der Waals surface area (Å²) in [4.78, 5) is 25.3. The molecule has 0 radical (unpaired) electrons. The van der Waals surface area contributed by atoms with Crippen LogP contribution in [0.4, 0.5) is 10.5 Å². The highest BCUT2D eigenvalue weighted by atomic mass is 16.5. The van der Waals surface area contributed by atoms with Gasteiger partial charge in [-0.3, -0.25) is 4.79 Å². The first-order valence-corrected chi connectivity index (χ1v) is 8.47. The summed E-state index contributed by atoms with van der Waals surface area (Å²) in [7, 11) is 6.59. The molecule has 0 aliphatic rings. The predicted octanol–water partition coefficient (Wildman–Crippen LogP) is 2.66. The second-order valence-electron chi connectivity index (χ2n) is 6.16. The molecule has 27 heavy (non-hydrogen) atoms.